The number of carbonyl (C=O) groups excluding carboxylic acids is 1. The van der Waals surface area contributed by atoms with Gasteiger partial charge in [-0.3, -0.25) is 9.69 Å². The molecule has 1 atom stereocenters. The molecule has 1 N–H and O–H groups in total. The van der Waals surface area contributed by atoms with Crippen LogP contribution < -0.4 is 10.2 Å². The van der Waals surface area contributed by atoms with Gasteiger partial charge in [-0.25, -0.2) is 4.39 Å². The lowest BCUT2D eigenvalue weighted by Gasteiger charge is -2.38. The molecule has 1 saturated heterocycles. The summed E-state index contributed by atoms with van der Waals surface area (Å²) in [6.07, 6.45) is 0. The maximum absolute atomic E-state index is 13.0. The first-order valence-electron chi connectivity index (χ1n) is 8.34. The normalized spacial score (nSPS) is 16.5. The van der Waals surface area contributed by atoms with Crippen LogP contribution in [0.1, 0.15) is 6.92 Å². The summed E-state index contributed by atoms with van der Waals surface area (Å²) in [6.45, 7) is 5.08. The van der Waals surface area contributed by atoms with Crippen molar-refractivity contribution in [3.63, 3.8) is 0 Å². The Morgan fingerprint density at radius 2 is 1.80 bits per heavy atom. The number of amides is 1. The van der Waals surface area contributed by atoms with Crippen molar-refractivity contribution in [1.82, 2.24) is 4.90 Å². The molecule has 0 bridgehead atoms. The quantitative estimate of drug-likeness (QED) is 0.903. The first kappa shape index (κ1) is 17.7. The summed E-state index contributed by atoms with van der Waals surface area (Å²) in [7, 11) is 0. The van der Waals surface area contributed by atoms with Gasteiger partial charge in [0.15, 0.2) is 0 Å². The van der Waals surface area contributed by atoms with Crippen LogP contribution in [0, 0.1) is 5.82 Å². The molecule has 0 radical (unpaired) electrons. The third-order valence-corrected chi connectivity index (χ3v) is 4.76. The van der Waals surface area contributed by atoms with E-state index in [9.17, 15) is 9.18 Å². The molecule has 0 saturated carbocycles. The number of carbonyl (C=O) groups is 1. The number of hydrogen-bond acceptors (Lipinski definition) is 3. The zero-order chi connectivity index (χ0) is 17.8. The minimum absolute atomic E-state index is 0.0440. The van der Waals surface area contributed by atoms with Crippen LogP contribution in [0.2, 0.25) is 5.02 Å². The van der Waals surface area contributed by atoms with E-state index in [1.165, 1.54) is 12.1 Å². The predicted molar refractivity (Wildman–Crippen MR) is 99.7 cm³/mol. The second-order valence-electron chi connectivity index (χ2n) is 6.18. The number of rotatable bonds is 4. The molecule has 25 heavy (non-hydrogen) atoms. The maximum Gasteiger partial charge on any atom is 0.241 e. The molecular weight excluding hydrogens is 341 g/mol. The van der Waals surface area contributed by atoms with Gasteiger partial charge in [-0.2, -0.15) is 0 Å². The van der Waals surface area contributed by atoms with Crippen molar-refractivity contribution in [1.29, 1.82) is 0 Å². The molecule has 0 aliphatic carbocycles. The summed E-state index contributed by atoms with van der Waals surface area (Å²) in [5, 5.41) is 3.50. The van der Waals surface area contributed by atoms with E-state index in [0.29, 0.717) is 10.7 Å². The topological polar surface area (TPSA) is 35.6 Å². The summed E-state index contributed by atoms with van der Waals surface area (Å²) in [6, 6.07) is 13.4. The lowest BCUT2D eigenvalue weighted by molar-refractivity contribution is -0.120. The smallest absolute Gasteiger partial charge is 0.241 e. The second kappa shape index (κ2) is 7.85. The van der Waals surface area contributed by atoms with Gasteiger partial charge in [0.2, 0.25) is 5.91 Å². The average Bonchev–Trinajstić information content (AvgIpc) is 2.62. The van der Waals surface area contributed by atoms with Gasteiger partial charge in [0, 0.05) is 42.6 Å². The molecule has 3 rings (SSSR count). The summed E-state index contributed by atoms with van der Waals surface area (Å²) in [5.41, 5.74) is 1.71. The molecule has 0 unspecified atom stereocenters. The Bertz CT molecular complexity index is 730. The molecular formula is C19H21ClFN3O. The van der Waals surface area contributed by atoms with Gasteiger partial charge < -0.3 is 10.2 Å². The van der Waals surface area contributed by atoms with Crippen LogP contribution >= 0.6 is 11.6 Å². The van der Waals surface area contributed by atoms with Crippen LogP contribution in [0.25, 0.3) is 0 Å². The minimum Gasteiger partial charge on any atom is -0.369 e. The van der Waals surface area contributed by atoms with E-state index in [-0.39, 0.29) is 17.8 Å². The van der Waals surface area contributed by atoms with Gasteiger partial charge in [-0.15, -0.1) is 0 Å². The molecule has 2 aromatic carbocycles. The average molecular weight is 362 g/mol. The standard InChI is InChI=1S/C19H21ClFN3O/c1-14(19(25)22-17-4-2-3-15(20)13-17)23-9-11-24(12-10-23)18-7-5-16(21)6-8-18/h2-8,13-14H,9-12H2,1H3,(H,22,25)/t14-/m1/s1. The number of piperazine rings is 1. The van der Waals surface area contributed by atoms with Gasteiger partial charge in [0.25, 0.3) is 0 Å². The molecule has 1 aliphatic heterocycles. The fourth-order valence-electron chi connectivity index (χ4n) is 3.00. The van der Waals surface area contributed by atoms with Crippen molar-refractivity contribution in [3.8, 4) is 0 Å². The molecule has 4 nitrogen and oxygen atoms in total. The number of nitrogens with one attached hydrogen (secondary N) is 1. The fraction of sp³-hybridized carbons (Fsp3) is 0.316. The number of nitrogens with zero attached hydrogens (tertiary/aromatic N) is 2. The zero-order valence-corrected chi connectivity index (χ0v) is 14.8. The van der Waals surface area contributed by atoms with E-state index < -0.39 is 0 Å². The molecule has 0 spiro atoms. The highest BCUT2D eigenvalue weighted by Gasteiger charge is 2.25. The van der Waals surface area contributed by atoms with Crippen LogP contribution in [-0.4, -0.2) is 43.0 Å². The third-order valence-electron chi connectivity index (χ3n) is 4.53. The Balaban J connectivity index is 1.54. The Hall–Kier alpha value is -2.11. The van der Waals surface area contributed by atoms with Gasteiger partial charge in [0.1, 0.15) is 5.82 Å². The summed E-state index contributed by atoms with van der Waals surface area (Å²) < 4.78 is 13.0. The minimum atomic E-state index is -0.228. The molecule has 1 amide bonds. The van der Waals surface area contributed by atoms with Crippen LogP contribution in [0.15, 0.2) is 48.5 Å². The third kappa shape index (κ3) is 4.50. The lowest BCUT2D eigenvalue weighted by atomic mass is 10.2. The highest BCUT2D eigenvalue weighted by Crippen LogP contribution is 2.19. The van der Waals surface area contributed by atoms with Crippen molar-refractivity contribution in [3.05, 3.63) is 59.4 Å². The number of anilines is 2. The molecule has 132 valence electrons. The van der Waals surface area contributed by atoms with Gasteiger partial charge in [-0.1, -0.05) is 17.7 Å². The van der Waals surface area contributed by atoms with Crippen LogP contribution in [0.5, 0.6) is 0 Å². The number of hydrogen-bond donors (Lipinski definition) is 1. The lowest BCUT2D eigenvalue weighted by Crippen LogP contribution is -2.52. The first-order valence-corrected chi connectivity index (χ1v) is 8.72. The van der Waals surface area contributed by atoms with Crippen LogP contribution in [0.3, 0.4) is 0 Å². The van der Waals surface area contributed by atoms with Crippen LogP contribution in [-0.2, 0) is 4.79 Å². The highest BCUT2D eigenvalue weighted by molar-refractivity contribution is 6.30. The molecule has 2 aromatic rings. The van der Waals surface area contributed by atoms with Gasteiger partial charge in [-0.05, 0) is 49.4 Å². The molecule has 1 fully saturated rings. The zero-order valence-electron chi connectivity index (χ0n) is 14.1. The molecule has 1 aliphatic rings. The molecule has 0 aromatic heterocycles. The summed E-state index contributed by atoms with van der Waals surface area (Å²) in [5.74, 6) is -0.272. The van der Waals surface area contributed by atoms with Crippen molar-refractivity contribution in [2.75, 3.05) is 36.4 Å². The number of benzene rings is 2. The molecule has 6 heteroatoms. The van der Waals surface area contributed by atoms with Crippen LogP contribution in [0.4, 0.5) is 15.8 Å². The van der Waals surface area contributed by atoms with E-state index in [2.05, 4.69) is 15.1 Å². The number of halogens is 2. The molecule has 1 heterocycles. The van der Waals surface area contributed by atoms with E-state index in [0.717, 1.165) is 31.9 Å². The van der Waals surface area contributed by atoms with E-state index in [1.54, 1.807) is 24.3 Å². The SMILES string of the molecule is C[C@H](C(=O)Nc1cccc(Cl)c1)N1CCN(c2ccc(F)cc2)CC1. The van der Waals surface area contributed by atoms with E-state index in [1.807, 2.05) is 19.1 Å². The summed E-state index contributed by atoms with van der Waals surface area (Å²) in [4.78, 5) is 16.8. The largest absolute Gasteiger partial charge is 0.369 e. The van der Waals surface area contributed by atoms with Crippen molar-refractivity contribution >= 4 is 28.9 Å². The van der Waals surface area contributed by atoms with Gasteiger partial charge in [0.05, 0.1) is 6.04 Å². The predicted octanol–water partition coefficient (Wildman–Crippen LogP) is 3.63. The summed E-state index contributed by atoms with van der Waals surface area (Å²) >= 11 is 5.95. The monoisotopic (exact) mass is 361 g/mol. The van der Waals surface area contributed by atoms with Crippen molar-refractivity contribution < 1.29 is 9.18 Å². The van der Waals surface area contributed by atoms with E-state index >= 15 is 0 Å². The van der Waals surface area contributed by atoms with Crippen molar-refractivity contribution in [2.24, 2.45) is 0 Å². The second-order valence-corrected chi connectivity index (χ2v) is 6.61. The van der Waals surface area contributed by atoms with E-state index in [4.69, 9.17) is 11.6 Å². The Morgan fingerprint density at radius 3 is 2.44 bits per heavy atom. The Kier molecular flexibility index (Phi) is 5.56. The maximum atomic E-state index is 13.0. The Labute approximate surface area is 152 Å². The highest BCUT2D eigenvalue weighted by atomic mass is 35.5. The Morgan fingerprint density at radius 1 is 1.12 bits per heavy atom. The first-order chi connectivity index (χ1) is 12.0. The van der Waals surface area contributed by atoms with Crippen molar-refractivity contribution in [2.45, 2.75) is 13.0 Å². The fourth-order valence-corrected chi connectivity index (χ4v) is 3.19. The van der Waals surface area contributed by atoms with Gasteiger partial charge >= 0.3 is 0 Å².